The first kappa shape index (κ1) is 19.2. The topological polar surface area (TPSA) is 44.8 Å². The standard InChI is InChI=1S/C21H33N3O2/c1-2-23(16-18-6-4-3-5-7-18)17-21(25)22-19-8-10-20(11-9-19)24-12-14-26-15-13-24/h8-11,18H,2-7,12-17H2,1H3,(H,22,25). The summed E-state index contributed by atoms with van der Waals surface area (Å²) in [5.41, 5.74) is 2.07. The summed E-state index contributed by atoms with van der Waals surface area (Å²) >= 11 is 0. The Hall–Kier alpha value is -1.59. The van der Waals surface area contributed by atoms with Gasteiger partial charge in [-0.3, -0.25) is 9.69 Å². The van der Waals surface area contributed by atoms with Crippen LogP contribution in [0.2, 0.25) is 0 Å². The number of morpholine rings is 1. The molecule has 0 atom stereocenters. The molecule has 1 saturated carbocycles. The molecule has 5 heteroatoms. The quantitative estimate of drug-likeness (QED) is 0.811. The number of nitrogens with one attached hydrogen (secondary N) is 1. The van der Waals surface area contributed by atoms with E-state index in [4.69, 9.17) is 4.74 Å². The molecule has 1 amide bonds. The Kier molecular flexibility index (Phi) is 7.32. The summed E-state index contributed by atoms with van der Waals surface area (Å²) in [6.07, 6.45) is 6.72. The molecule has 0 bridgehead atoms. The van der Waals surface area contributed by atoms with Crippen LogP contribution in [0.5, 0.6) is 0 Å². The number of rotatable bonds is 7. The second-order valence-corrected chi connectivity index (χ2v) is 7.53. The molecule has 2 aliphatic rings. The third kappa shape index (κ3) is 5.71. The number of hydrogen-bond donors (Lipinski definition) is 1. The van der Waals surface area contributed by atoms with Crippen molar-refractivity contribution >= 4 is 17.3 Å². The molecule has 3 rings (SSSR count). The lowest BCUT2D eigenvalue weighted by Crippen LogP contribution is -2.37. The molecule has 1 aromatic carbocycles. The van der Waals surface area contributed by atoms with E-state index in [1.54, 1.807) is 0 Å². The van der Waals surface area contributed by atoms with Gasteiger partial charge in [-0.1, -0.05) is 26.2 Å². The third-order valence-electron chi connectivity index (χ3n) is 5.58. The number of nitrogens with zero attached hydrogens (tertiary/aromatic N) is 2. The molecule has 1 saturated heterocycles. The minimum Gasteiger partial charge on any atom is -0.378 e. The fourth-order valence-electron chi connectivity index (χ4n) is 4.02. The maximum atomic E-state index is 12.4. The molecular formula is C21H33N3O2. The van der Waals surface area contributed by atoms with Crippen molar-refractivity contribution in [2.24, 2.45) is 5.92 Å². The lowest BCUT2D eigenvalue weighted by Gasteiger charge is -2.29. The average molecular weight is 360 g/mol. The maximum Gasteiger partial charge on any atom is 0.238 e. The molecule has 0 spiro atoms. The van der Waals surface area contributed by atoms with E-state index in [0.717, 1.165) is 51.0 Å². The van der Waals surface area contributed by atoms with Crippen LogP contribution < -0.4 is 10.2 Å². The highest BCUT2D eigenvalue weighted by molar-refractivity contribution is 5.92. The molecule has 26 heavy (non-hydrogen) atoms. The van der Waals surface area contributed by atoms with Crippen LogP contribution in [0, 0.1) is 5.92 Å². The summed E-state index contributed by atoms with van der Waals surface area (Å²) in [6.45, 7) is 8.04. The highest BCUT2D eigenvalue weighted by Gasteiger charge is 2.18. The molecule has 1 aliphatic heterocycles. The molecule has 1 aliphatic carbocycles. The van der Waals surface area contributed by atoms with Gasteiger partial charge in [0.25, 0.3) is 0 Å². The van der Waals surface area contributed by atoms with E-state index < -0.39 is 0 Å². The first-order chi connectivity index (χ1) is 12.7. The van der Waals surface area contributed by atoms with E-state index in [-0.39, 0.29) is 5.91 Å². The van der Waals surface area contributed by atoms with Gasteiger partial charge in [-0.2, -0.15) is 0 Å². The molecule has 144 valence electrons. The van der Waals surface area contributed by atoms with Gasteiger partial charge in [-0.05, 0) is 49.6 Å². The van der Waals surface area contributed by atoms with Crippen molar-refractivity contribution in [2.75, 3.05) is 56.2 Å². The first-order valence-corrected chi connectivity index (χ1v) is 10.2. The molecule has 0 aromatic heterocycles. The smallest absolute Gasteiger partial charge is 0.238 e. The van der Waals surface area contributed by atoms with Gasteiger partial charge in [0.2, 0.25) is 5.91 Å². The lowest BCUT2D eigenvalue weighted by atomic mass is 9.89. The highest BCUT2D eigenvalue weighted by Crippen LogP contribution is 2.24. The van der Waals surface area contributed by atoms with Gasteiger partial charge >= 0.3 is 0 Å². The number of hydrogen-bond acceptors (Lipinski definition) is 4. The van der Waals surface area contributed by atoms with Crippen LogP contribution in [0.4, 0.5) is 11.4 Å². The van der Waals surface area contributed by atoms with Crippen molar-refractivity contribution in [3.05, 3.63) is 24.3 Å². The predicted octanol–water partition coefficient (Wildman–Crippen LogP) is 3.36. The summed E-state index contributed by atoms with van der Waals surface area (Å²) in [6, 6.07) is 8.17. The average Bonchev–Trinajstić information content (AvgIpc) is 2.69. The third-order valence-corrected chi connectivity index (χ3v) is 5.58. The summed E-state index contributed by atoms with van der Waals surface area (Å²) in [5.74, 6) is 0.853. The fourth-order valence-corrected chi connectivity index (χ4v) is 4.02. The fraction of sp³-hybridized carbons (Fsp3) is 0.667. The summed E-state index contributed by atoms with van der Waals surface area (Å²) in [5, 5.41) is 3.05. The van der Waals surface area contributed by atoms with E-state index in [1.807, 2.05) is 12.1 Å². The largest absolute Gasteiger partial charge is 0.378 e. The number of ether oxygens (including phenoxy) is 1. The van der Waals surface area contributed by atoms with Gasteiger partial charge in [0, 0.05) is 31.0 Å². The Balaban J connectivity index is 1.47. The van der Waals surface area contributed by atoms with Crippen LogP contribution in [-0.4, -0.2) is 56.7 Å². The molecule has 0 radical (unpaired) electrons. The zero-order chi connectivity index (χ0) is 18.2. The Labute approximate surface area is 157 Å². The van der Waals surface area contributed by atoms with Gasteiger partial charge in [-0.15, -0.1) is 0 Å². The molecule has 1 aromatic rings. The van der Waals surface area contributed by atoms with Crippen LogP contribution >= 0.6 is 0 Å². The summed E-state index contributed by atoms with van der Waals surface area (Å²) in [4.78, 5) is 17.0. The van der Waals surface area contributed by atoms with E-state index in [2.05, 4.69) is 34.2 Å². The number of carbonyl (C=O) groups is 1. The van der Waals surface area contributed by atoms with E-state index in [9.17, 15) is 4.79 Å². The van der Waals surface area contributed by atoms with Gasteiger partial charge < -0.3 is 15.0 Å². The van der Waals surface area contributed by atoms with Crippen molar-refractivity contribution in [1.82, 2.24) is 4.90 Å². The lowest BCUT2D eigenvalue weighted by molar-refractivity contribution is -0.117. The number of carbonyl (C=O) groups excluding carboxylic acids is 1. The van der Waals surface area contributed by atoms with E-state index in [0.29, 0.717) is 6.54 Å². The minimum absolute atomic E-state index is 0.0850. The van der Waals surface area contributed by atoms with Crippen molar-refractivity contribution < 1.29 is 9.53 Å². The highest BCUT2D eigenvalue weighted by atomic mass is 16.5. The number of anilines is 2. The minimum atomic E-state index is 0.0850. The summed E-state index contributed by atoms with van der Waals surface area (Å²) < 4.78 is 5.40. The van der Waals surface area contributed by atoms with Crippen LogP contribution in [0.3, 0.4) is 0 Å². The first-order valence-electron chi connectivity index (χ1n) is 10.2. The maximum absolute atomic E-state index is 12.4. The SMILES string of the molecule is CCN(CC(=O)Nc1ccc(N2CCOCC2)cc1)CC1CCCCC1. The Morgan fingerprint density at radius 3 is 2.50 bits per heavy atom. The van der Waals surface area contributed by atoms with Gasteiger partial charge in [-0.25, -0.2) is 0 Å². The summed E-state index contributed by atoms with van der Waals surface area (Å²) in [7, 11) is 0. The number of benzene rings is 1. The number of amides is 1. The second kappa shape index (κ2) is 9.93. The molecule has 2 fully saturated rings. The Bertz CT molecular complexity index is 549. The molecular weight excluding hydrogens is 326 g/mol. The van der Waals surface area contributed by atoms with Crippen molar-refractivity contribution in [2.45, 2.75) is 39.0 Å². The zero-order valence-corrected chi connectivity index (χ0v) is 16.1. The van der Waals surface area contributed by atoms with Crippen LogP contribution in [-0.2, 0) is 9.53 Å². The number of likely N-dealkylation sites (N-methyl/N-ethyl adjacent to an activating group) is 1. The van der Waals surface area contributed by atoms with E-state index >= 15 is 0 Å². The van der Waals surface area contributed by atoms with Gasteiger partial charge in [0.1, 0.15) is 0 Å². The van der Waals surface area contributed by atoms with Crippen molar-refractivity contribution in [3.8, 4) is 0 Å². The molecule has 1 N–H and O–H groups in total. The molecule has 5 nitrogen and oxygen atoms in total. The van der Waals surface area contributed by atoms with Crippen LogP contribution in [0.25, 0.3) is 0 Å². The van der Waals surface area contributed by atoms with Crippen molar-refractivity contribution in [1.29, 1.82) is 0 Å². The Morgan fingerprint density at radius 2 is 1.85 bits per heavy atom. The van der Waals surface area contributed by atoms with E-state index in [1.165, 1.54) is 37.8 Å². The Morgan fingerprint density at radius 1 is 1.15 bits per heavy atom. The molecule has 0 unspecified atom stereocenters. The second-order valence-electron chi connectivity index (χ2n) is 7.53. The van der Waals surface area contributed by atoms with Gasteiger partial charge in [0.05, 0.1) is 19.8 Å². The van der Waals surface area contributed by atoms with Gasteiger partial charge in [0.15, 0.2) is 0 Å². The normalized spacial score (nSPS) is 18.9. The predicted molar refractivity (Wildman–Crippen MR) is 107 cm³/mol. The molecule has 1 heterocycles. The van der Waals surface area contributed by atoms with Crippen molar-refractivity contribution in [3.63, 3.8) is 0 Å². The van der Waals surface area contributed by atoms with Crippen LogP contribution in [0.1, 0.15) is 39.0 Å². The zero-order valence-electron chi connectivity index (χ0n) is 16.1. The monoisotopic (exact) mass is 359 g/mol. The van der Waals surface area contributed by atoms with Crippen LogP contribution in [0.15, 0.2) is 24.3 Å².